The number of piperazine rings is 1. The van der Waals surface area contributed by atoms with E-state index in [-0.39, 0.29) is 47.0 Å². The van der Waals surface area contributed by atoms with Gasteiger partial charge in [0.15, 0.2) is 5.82 Å². The predicted molar refractivity (Wildman–Crippen MR) is 189 cm³/mol. The third kappa shape index (κ3) is 7.72. The fourth-order valence-corrected chi connectivity index (χ4v) is 7.49. The molecule has 1 aromatic heterocycles. The zero-order chi connectivity index (χ0) is 38.1. The second-order valence-electron chi connectivity index (χ2n) is 13.4. The summed E-state index contributed by atoms with van der Waals surface area (Å²) in [6, 6.07) is 2.02. The lowest BCUT2D eigenvalue weighted by atomic mass is 9.83. The summed E-state index contributed by atoms with van der Waals surface area (Å²) >= 11 is 0. The van der Waals surface area contributed by atoms with Crippen LogP contribution in [-0.2, 0) is 11.0 Å². The molecule has 3 fully saturated rings. The van der Waals surface area contributed by atoms with Crippen LogP contribution < -0.4 is 20.1 Å². The molecule has 0 aliphatic carbocycles. The third-order valence-electron chi connectivity index (χ3n) is 10.2. The minimum atomic E-state index is -5.03. The Morgan fingerprint density at radius 2 is 1.81 bits per heavy atom. The number of nitrogen functional groups attached to an aromatic ring is 1. The van der Waals surface area contributed by atoms with Crippen molar-refractivity contribution in [3.05, 3.63) is 34.9 Å². The number of hydrogen-bond acceptors (Lipinski definition) is 8. The van der Waals surface area contributed by atoms with Crippen molar-refractivity contribution >= 4 is 36.2 Å². The standard InChI is InChI=1S/C29H33BF5N5O3.C7H12FN/c1-6-15-13-39(9-10-40(15)27(41)18(30)7-2)26-21-20(43-8-3)12-17(24(32)25(21)37-28(38-26)42-5)16-11-19(36)23(31)14(4)22(16)29(33,34)35;8-6-4-7-2-1-3-9(7)5-6/h11-12,15,18H,6-10,13,36H2,1-5H3;6-7H,1-5H2/t15-,18?;/m0./s1. The molecule has 9 nitrogen and oxygen atoms in total. The van der Waals surface area contributed by atoms with E-state index in [1.165, 1.54) is 20.0 Å². The van der Waals surface area contributed by atoms with Crippen molar-refractivity contribution in [3.8, 4) is 22.9 Å². The molecule has 6 rings (SSSR count). The van der Waals surface area contributed by atoms with Gasteiger partial charge in [0.2, 0.25) is 5.91 Å². The van der Waals surface area contributed by atoms with E-state index in [0.717, 1.165) is 32.0 Å². The number of rotatable bonds is 8. The van der Waals surface area contributed by atoms with E-state index >= 15 is 4.39 Å². The Hall–Kier alpha value is -3.95. The molecule has 0 spiro atoms. The van der Waals surface area contributed by atoms with Crippen LogP contribution in [0.4, 0.5) is 37.8 Å². The molecule has 4 atom stereocenters. The van der Waals surface area contributed by atoms with Crippen molar-refractivity contribution in [2.24, 2.45) is 0 Å². The largest absolute Gasteiger partial charge is 0.493 e. The number of ether oxygens (including phenoxy) is 2. The Morgan fingerprint density at radius 3 is 2.42 bits per heavy atom. The number of hydrogen-bond donors (Lipinski definition) is 1. The molecule has 16 heteroatoms. The molecule has 2 N–H and O–H groups in total. The second kappa shape index (κ2) is 16.0. The van der Waals surface area contributed by atoms with Gasteiger partial charge in [-0.3, -0.25) is 9.69 Å². The van der Waals surface area contributed by atoms with Crippen LogP contribution in [0.2, 0.25) is 5.82 Å². The highest BCUT2D eigenvalue weighted by molar-refractivity contribution is 6.23. The molecule has 2 radical (unpaired) electrons. The van der Waals surface area contributed by atoms with Gasteiger partial charge in [-0.15, -0.1) is 0 Å². The zero-order valence-corrected chi connectivity index (χ0v) is 30.1. The average molecular weight is 735 g/mol. The van der Waals surface area contributed by atoms with Crippen molar-refractivity contribution in [2.75, 3.05) is 57.1 Å². The smallest absolute Gasteiger partial charge is 0.417 e. The van der Waals surface area contributed by atoms with Gasteiger partial charge in [-0.1, -0.05) is 20.3 Å². The maximum atomic E-state index is 16.4. The van der Waals surface area contributed by atoms with Crippen molar-refractivity contribution < 1.29 is 40.6 Å². The molecule has 4 heterocycles. The molecular formula is C36H45BF6N6O3. The van der Waals surface area contributed by atoms with E-state index in [1.807, 2.05) is 18.7 Å². The van der Waals surface area contributed by atoms with Gasteiger partial charge in [-0.2, -0.15) is 23.1 Å². The number of nitrogens with two attached hydrogens (primary N) is 1. The van der Waals surface area contributed by atoms with Crippen molar-refractivity contribution in [3.63, 3.8) is 0 Å². The lowest BCUT2D eigenvalue weighted by Gasteiger charge is -2.43. The molecule has 3 aliphatic heterocycles. The number of anilines is 2. The Bertz CT molecular complexity index is 1770. The molecule has 282 valence electrons. The first-order valence-corrected chi connectivity index (χ1v) is 17.7. The van der Waals surface area contributed by atoms with Crippen LogP contribution >= 0.6 is 0 Å². The molecule has 3 aliphatic rings. The molecule has 0 saturated carbocycles. The first-order valence-electron chi connectivity index (χ1n) is 17.7. The lowest BCUT2D eigenvalue weighted by Crippen LogP contribution is -2.56. The van der Waals surface area contributed by atoms with Gasteiger partial charge in [-0.05, 0) is 75.2 Å². The number of halogens is 6. The van der Waals surface area contributed by atoms with Gasteiger partial charge < -0.3 is 25.0 Å². The fourth-order valence-electron chi connectivity index (χ4n) is 7.49. The summed E-state index contributed by atoms with van der Waals surface area (Å²) < 4.78 is 97.2. The number of aromatic nitrogens is 2. The number of alkyl halides is 4. The van der Waals surface area contributed by atoms with Gasteiger partial charge in [0.05, 0.1) is 38.2 Å². The summed E-state index contributed by atoms with van der Waals surface area (Å²) in [4.78, 5) is 27.4. The monoisotopic (exact) mass is 734 g/mol. The topological polar surface area (TPSA) is 97.1 Å². The van der Waals surface area contributed by atoms with Crippen LogP contribution in [0.1, 0.15) is 64.0 Å². The van der Waals surface area contributed by atoms with Crippen LogP contribution in [0.15, 0.2) is 12.1 Å². The summed E-state index contributed by atoms with van der Waals surface area (Å²) in [5.74, 6) is -2.92. The van der Waals surface area contributed by atoms with Gasteiger partial charge >= 0.3 is 12.2 Å². The molecular weight excluding hydrogens is 689 g/mol. The van der Waals surface area contributed by atoms with Crippen LogP contribution in [0.25, 0.3) is 22.0 Å². The number of carbonyl (C=O) groups is 1. The molecule has 3 unspecified atom stereocenters. The highest BCUT2D eigenvalue weighted by Gasteiger charge is 2.39. The maximum Gasteiger partial charge on any atom is 0.417 e. The zero-order valence-electron chi connectivity index (χ0n) is 30.1. The molecule has 1 amide bonds. The second-order valence-corrected chi connectivity index (χ2v) is 13.4. The molecule has 0 bridgehead atoms. The maximum absolute atomic E-state index is 16.4. The minimum absolute atomic E-state index is 0.0137. The quantitative estimate of drug-likeness (QED) is 0.152. The summed E-state index contributed by atoms with van der Waals surface area (Å²) in [6.07, 6.45) is -1.13. The summed E-state index contributed by atoms with van der Waals surface area (Å²) in [5, 5.41) is 0.115. The Balaban J connectivity index is 0.000000499. The normalized spacial score (nSPS) is 21.2. The Morgan fingerprint density at radius 1 is 1.08 bits per heavy atom. The van der Waals surface area contributed by atoms with Crippen LogP contribution in [0, 0.1) is 18.6 Å². The summed E-state index contributed by atoms with van der Waals surface area (Å²) in [7, 11) is 7.30. The van der Waals surface area contributed by atoms with Gasteiger partial charge in [0, 0.05) is 43.8 Å². The third-order valence-corrected chi connectivity index (χ3v) is 10.2. The minimum Gasteiger partial charge on any atom is -0.493 e. The summed E-state index contributed by atoms with van der Waals surface area (Å²) in [5.41, 5.74) is 1.47. The highest BCUT2D eigenvalue weighted by Crippen LogP contribution is 2.46. The number of amides is 1. The lowest BCUT2D eigenvalue weighted by molar-refractivity contribution is -0.137. The average Bonchev–Trinajstić information content (AvgIpc) is 3.71. The number of nitrogens with zero attached hydrogens (tertiary/aromatic N) is 5. The first kappa shape index (κ1) is 39.3. The molecule has 3 aromatic rings. The van der Waals surface area contributed by atoms with Gasteiger partial charge in [0.25, 0.3) is 0 Å². The molecule has 3 saturated heterocycles. The Labute approximate surface area is 301 Å². The number of carbonyl (C=O) groups excluding carboxylic acids is 1. The van der Waals surface area contributed by atoms with E-state index in [1.54, 1.807) is 11.8 Å². The van der Waals surface area contributed by atoms with Crippen LogP contribution in [0.3, 0.4) is 0 Å². The van der Waals surface area contributed by atoms with E-state index in [4.69, 9.17) is 23.1 Å². The van der Waals surface area contributed by atoms with E-state index < -0.39 is 57.7 Å². The number of methoxy groups -OCH3 is 1. The highest BCUT2D eigenvalue weighted by atomic mass is 19.4. The van der Waals surface area contributed by atoms with Gasteiger partial charge in [0.1, 0.15) is 29.1 Å². The van der Waals surface area contributed by atoms with E-state index in [9.17, 15) is 26.7 Å². The van der Waals surface area contributed by atoms with Crippen LogP contribution in [-0.4, -0.2) is 98.2 Å². The molecule has 52 heavy (non-hydrogen) atoms. The molecule has 2 aromatic carbocycles. The van der Waals surface area contributed by atoms with Crippen molar-refractivity contribution in [1.29, 1.82) is 0 Å². The van der Waals surface area contributed by atoms with E-state index in [0.29, 0.717) is 45.1 Å². The fraction of sp³-hybridized carbons (Fsp3) is 0.583. The van der Waals surface area contributed by atoms with E-state index in [2.05, 4.69) is 14.9 Å². The summed E-state index contributed by atoms with van der Waals surface area (Å²) in [6.45, 7) is 9.22. The van der Waals surface area contributed by atoms with Crippen molar-refractivity contribution in [1.82, 2.24) is 19.8 Å². The Kier molecular flexibility index (Phi) is 12.1. The van der Waals surface area contributed by atoms with Crippen molar-refractivity contribution in [2.45, 2.75) is 90.0 Å². The van der Waals surface area contributed by atoms with Gasteiger partial charge in [-0.25, -0.2) is 13.2 Å². The SMILES string of the molecule is FC1CC2CCCN2C1.[B]C(CC)C(=O)N1CCN(c2nc(OC)nc3c(F)c(-c4cc(N)c(F)c(C)c4C(F)(F)F)cc(OCC)c23)C[C@@H]1CC. The number of fused-ring (bicyclic) bond motifs is 2. The number of benzene rings is 2. The van der Waals surface area contributed by atoms with Crippen LogP contribution in [0.5, 0.6) is 11.8 Å². The first-order chi connectivity index (χ1) is 24.6. The predicted octanol–water partition coefficient (Wildman–Crippen LogP) is 6.88.